The highest BCUT2D eigenvalue weighted by Gasteiger charge is 2.17. The number of nitrogens with one attached hydrogen (secondary N) is 2. The number of benzene rings is 1. The quantitative estimate of drug-likeness (QED) is 0.529. The van der Waals surface area contributed by atoms with E-state index in [1.165, 1.54) is 31.0 Å². The number of hydrogen-bond donors (Lipinski definition) is 2. The topological polar surface area (TPSA) is 79.9 Å². The van der Waals surface area contributed by atoms with Crippen LogP contribution in [0, 0.1) is 0 Å². The lowest BCUT2D eigenvalue weighted by atomic mass is 9.95. The second-order valence-corrected chi connectivity index (χ2v) is 7.59. The Morgan fingerprint density at radius 3 is 2.96 bits per heavy atom. The van der Waals surface area contributed by atoms with Gasteiger partial charge in [0.2, 0.25) is 5.91 Å². The van der Waals surface area contributed by atoms with Crippen molar-refractivity contribution in [2.45, 2.75) is 43.2 Å². The summed E-state index contributed by atoms with van der Waals surface area (Å²) in [5.74, 6) is 1.23. The number of carbonyl (C=O) groups is 1. The Morgan fingerprint density at radius 2 is 2.15 bits per heavy atom. The van der Waals surface area contributed by atoms with Gasteiger partial charge in [-0.2, -0.15) is 0 Å². The summed E-state index contributed by atoms with van der Waals surface area (Å²) in [5, 5.41) is 4.94. The summed E-state index contributed by atoms with van der Waals surface area (Å²) >= 11 is 1.45. The zero-order valence-electron chi connectivity index (χ0n) is 14.7. The van der Waals surface area contributed by atoms with Crippen LogP contribution in [-0.4, -0.2) is 39.8 Å². The summed E-state index contributed by atoms with van der Waals surface area (Å²) in [5.41, 5.74) is 2.70. The predicted octanol–water partition coefficient (Wildman–Crippen LogP) is 3.66. The average molecular weight is 370 g/mol. The van der Waals surface area contributed by atoms with Crippen LogP contribution in [0.4, 0.5) is 0 Å². The molecule has 7 heteroatoms. The first kappa shape index (κ1) is 17.1. The van der Waals surface area contributed by atoms with E-state index in [4.69, 9.17) is 4.74 Å². The average Bonchev–Trinajstić information content (AvgIpc) is 3.05. The number of H-pyrrole nitrogens is 1. The molecule has 1 amide bonds. The Kier molecular flexibility index (Phi) is 4.97. The summed E-state index contributed by atoms with van der Waals surface area (Å²) in [7, 11) is 1.65. The SMILES string of the molecule is COc1ccc2[nH]c3c(SCC(=O)NC4CCCCC4)ncnc3c2c1. The monoisotopic (exact) mass is 370 g/mol. The maximum atomic E-state index is 12.3. The van der Waals surface area contributed by atoms with Crippen molar-refractivity contribution in [3.8, 4) is 5.75 Å². The maximum absolute atomic E-state index is 12.3. The van der Waals surface area contributed by atoms with Gasteiger partial charge in [-0.05, 0) is 31.0 Å². The van der Waals surface area contributed by atoms with Crippen molar-refractivity contribution < 1.29 is 9.53 Å². The lowest BCUT2D eigenvalue weighted by Crippen LogP contribution is -2.37. The van der Waals surface area contributed by atoms with Crippen LogP contribution < -0.4 is 10.1 Å². The third kappa shape index (κ3) is 3.49. The van der Waals surface area contributed by atoms with Crippen molar-refractivity contribution in [1.82, 2.24) is 20.3 Å². The van der Waals surface area contributed by atoms with Crippen molar-refractivity contribution in [3.05, 3.63) is 24.5 Å². The van der Waals surface area contributed by atoms with E-state index in [-0.39, 0.29) is 5.91 Å². The summed E-state index contributed by atoms with van der Waals surface area (Å²) in [6.07, 6.45) is 7.45. The number of aromatic amines is 1. The Labute approximate surface area is 156 Å². The molecule has 0 atom stereocenters. The normalized spacial score (nSPS) is 15.4. The number of rotatable bonds is 5. The Morgan fingerprint density at radius 1 is 1.31 bits per heavy atom. The molecule has 2 aromatic heterocycles. The number of hydrogen-bond acceptors (Lipinski definition) is 5. The van der Waals surface area contributed by atoms with E-state index in [9.17, 15) is 4.79 Å². The zero-order chi connectivity index (χ0) is 17.9. The highest BCUT2D eigenvalue weighted by Crippen LogP contribution is 2.31. The molecule has 1 saturated carbocycles. The summed E-state index contributed by atoms with van der Waals surface area (Å²) < 4.78 is 5.31. The van der Waals surface area contributed by atoms with Gasteiger partial charge in [0.1, 0.15) is 22.6 Å². The smallest absolute Gasteiger partial charge is 0.230 e. The van der Waals surface area contributed by atoms with Crippen molar-refractivity contribution >= 4 is 39.6 Å². The van der Waals surface area contributed by atoms with Crippen molar-refractivity contribution in [3.63, 3.8) is 0 Å². The van der Waals surface area contributed by atoms with Gasteiger partial charge in [0.15, 0.2) is 0 Å². The third-order valence-corrected chi connectivity index (χ3v) is 5.85. The highest BCUT2D eigenvalue weighted by atomic mass is 32.2. The Balaban J connectivity index is 1.52. The Hall–Kier alpha value is -2.28. The second kappa shape index (κ2) is 7.53. The van der Waals surface area contributed by atoms with Crippen LogP contribution in [0.3, 0.4) is 0 Å². The maximum Gasteiger partial charge on any atom is 0.230 e. The molecule has 0 saturated heterocycles. The molecule has 0 radical (unpaired) electrons. The van der Waals surface area contributed by atoms with Gasteiger partial charge < -0.3 is 15.0 Å². The van der Waals surface area contributed by atoms with Crippen molar-refractivity contribution in [1.29, 1.82) is 0 Å². The first-order valence-corrected chi connectivity index (χ1v) is 9.96. The lowest BCUT2D eigenvalue weighted by molar-refractivity contribution is -0.119. The molecule has 2 heterocycles. The van der Waals surface area contributed by atoms with Gasteiger partial charge in [-0.3, -0.25) is 4.79 Å². The molecule has 0 unspecified atom stereocenters. The molecule has 3 aromatic rings. The van der Waals surface area contributed by atoms with Crippen LogP contribution in [0.1, 0.15) is 32.1 Å². The second-order valence-electron chi connectivity index (χ2n) is 6.63. The molecule has 136 valence electrons. The molecule has 1 fully saturated rings. The molecule has 0 spiro atoms. The first-order chi connectivity index (χ1) is 12.7. The summed E-state index contributed by atoms with van der Waals surface area (Å²) in [6, 6.07) is 6.18. The molecule has 2 N–H and O–H groups in total. The molecule has 0 aliphatic heterocycles. The highest BCUT2D eigenvalue weighted by molar-refractivity contribution is 8.00. The van der Waals surface area contributed by atoms with Gasteiger partial charge in [0, 0.05) is 16.9 Å². The van der Waals surface area contributed by atoms with Gasteiger partial charge >= 0.3 is 0 Å². The first-order valence-electron chi connectivity index (χ1n) is 8.97. The Bertz CT molecular complexity index is 934. The van der Waals surface area contributed by atoms with E-state index >= 15 is 0 Å². The molecule has 1 aromatic carbocycles. The van der Waals surface area contributed by atoms with E-state index < -0.39 is 0 Å². The van der Waals surface area contributed by atoms with Crippen LogP contribution in [-0.2, 0) is 4.79 Å². The fourth-order valence-electron chi connectivity index (χ4n) is 3.54. The summed E-state index contributed by atoms with van der Waals surface area (Å²) in [6.45, 7) is 0. The number of fused-ring (bicyclic) bond motifs is 3. The fourth-order valence-corrected chi connectivity index (χ4v) is 4.30. The molecule has 26 heavy (non-hydrogen) atoms. The van der Waals surface area contributed by atoms with Crippen LogP contribution in [0.15, 0.2) is 29.6 Å². The standard InChI is InChI=1S/C19H22N4O2S/c1-25-13-7-8-15-14(9-13)17-18(23-15)19(21-11-20-17)26-10-16(24)22-12-5-3-2-4-6-12/h7-9,11-12,23H,2-6,10H2,1H3,(H,22,24). The largest absolute Gasteiger partial charge is 0.497 e. The van der Waals surface area contributed by atoms with Gasteiger partial charge in [0.05, 0.1) is 18.4 Å². The van der Waals surface area contributed by atoms with E-state index in [1.807, 2.05) is 18.2 Å². The van der Waals surface area contributed by atoms with Crippen LogP contribution in [0.5, 0.6) is 5.75 Å². The molecule has 1 aliphatic rings. The van der Waals surface area contributed by atoms with Crippen molar-refractivity contribution in [2.24, 2.45) is 0 Å². The van der Waals surface area contributed by atoms with E-state index in [0.29, 0.717) is 11.8 Å². The van der Waals surface area contributed by atoms with Crippen LogP contribution >= 0.6 is 11.8 Å². The van der Waals surface area contributed by atoms with Gasteiger partial charge in [-0.25, -0.2) is 9.97 Å². The predicted molar refractivity (Wildman–Crippen MR) is 104 cm³/mol. The molecule has 4 rings (SSSR count). The van der Waals surface area contributed by atoms with Crippen molar-refractivity contribution in [2.75, 3.05) is 12.9 Å². The zero-order valence-corrected chi connectivity index (χ0v) is 15.6. The number of carbonyl (C=O) groups excluding carboxylic acids is 1. The van der Waals surface area contributed by atoms with E-state index in [2.05, 4.69) is 20.3 Å². The number of ether oxygens (including phenoxy) is 1. The number of methoxy groups -OCH3 is 1. The molecular weight excluding hydrogens is 348 g/mol. The molecular formula is C19H22N4O2S. The minimum Gasteiger partial charge on any atom is -0.497 e. The number of amides is 1. The number of thioether (sulfide) groups is 1. The van der Waals surface area contributed by atoms with E-state index in [1.54, 1.807) is 13.4 Å². The third-order valence-electron chi connectivity index (χ3n) is 4.86. The minimum absolute atomic E-state index is 0.0754. The fraction of sp³-hybridized carbons (Fsp3) is 0.421. The summed E-state index contributed by atoms with van der Waals surface area (Å²) in [4.78, 5) is 24.4. The lowest BCUT2D eigenvalue weighted by Gasteiger charge is -2.22. The van der Waals surface area contributed by atoms with Crippen LogP contribution in [0.25, 0.3) is 21.9 Å². The van der Waals surface area contributed by atoms with Gasteiger partial charge in [-0.1, -0.05) is 31.0 Å². The van der Waals surface area contributed by atoms with Crippen LogP contribution in [0.2, 0.25) is 0 Å². The minimum atomic E-state index is 0.0754. The molecule has 6 nitrogen and oxygen atoms in total. The molecule has 1 aliphatic carbocycles. The number of aromatic nitrogens is 3. The van der Waals surface area contributed by atoms with Gasteiger partial charge in [0.25, 0.3) is 0 Å². The van der Waals surface area contributed by atoms with E-state index in [0.717, 1.165) is 45.6 Å². The molecule has 0 bridgehead atoms. The van der Waals surface area contributed by atoms with Gasteiger partial charge in [-0.15, -0.1) is 0 Å². The number of nitrogens with zero attached hydrogens (tertiary/aromatic N) is 2.